The maximum absolute atomic E-state index is 13.0. The van der Waals surface area contributed by atoms with Crippen molar-refractivity contribution in [1.29, 1.82) is 0 Å². The first-order chi connectivity index (χ1) is 12.3. The average Bonchev–Trinajstić information content (AvgIpc) is 3.16. The summed E-state index contributed by atoms with van der Waals surface area (Å²) >= 11 is 0. The Morgan fingerprint density at radius 1 is 0.760 bits per heavy atom. The molecule has 0 bridgehead atoms. The molecule has 1 aromatic carbocycles. The Morgan fingerprint density at radius 2 is 1.32 bits per heavy atom. The topological polar surface area (TPSA) is 7.76 Å². The minimum Gasteiger partial charge on any atom is -0.207 e. The molecule has 4 rings (SSSR count). The van der Waals surface area contributed by atoms with Gasteiger partial charge in [-0.1, -0.05) is 12.8 Å². The monoisotopic (exact) mass is 334 g/mol. The van der Waals surface area contributed by atoms with Crippen LogP contribution >= 0.6 is 0 Å². The van der Waals surface area contributed by atoms with Crippen LogP contribution in [0.15, 0.2) is 73.3 Å². The number of rotatable bonds is 4. The highest BCUT2D eigenvalue weighted by Gasteiger charge is 2.19. The van der Waals surface area contributed by atoms with Gasteiger partial charge in [-0.3, -0.25) is 0 Å². The van der Waals surface area contributed by atoms with Gasteiger partial charge in [0.05, 0.1) is 0 Å². The van der Waals surface area contributed by atoms with E-state index in [1.165, 1.54) is 48.9 Å². The molecule has 126 valence electrons. The van der Waals surface area contributed by atoms with Crippen molar-refractivity contribution in [3.8, 4) is 16.8 Å². The molecule has 25 heavy (non-hydrogen) atoms. The van der Waals surface area contributed by atoms with Crippen LogP contribution in [0.3, 0.4) is 0 Å². The third kappa shape index (κ3) is 3.76. The van der Waals surface area contributed by atoms with Gasteiger partial charge < -0.3 is 0 Å². The molecular formula is C22H23FN2+2. The zero-order valence-electron chi connectivity index (χ0n) is 14.3. The molecule has 0 unspecified atom stereocenters. The van der Waals surface area contributed by atoms with E-state index in [4.69, 9.17) is 0 Å². The van der Waals surface area contributed by atoms with Crippen molar-refractivity contribution in [2.45, 2.75) is 32.2 Å². The number of benzene rings is 1. The Kier molecular flexibility index (Phi) is 4.55. The van der Waals surface area contributed by atoms with E-state index in [0.717, 1.165) is 18.2 Å². The normalized spacial score (nSPS) is 14.8. The number of hydrogen-bond acceptors (Lipinski definition) is 0. The Bertz CT molecular complexity index is 817. The van der Waals surface area contributed by atoms with Crippen LogP contribution in [-0.2, 0) is 6.54 Å². The highest BCUT2D eigenvalue weighted by molar-refractivity contribution is 5.61. The van der Waals surface area contributed by atoms with Gasteiger partial charge >= 0.3 is 0 Å². The fourth-order valence-corrected chi connectivity index (χ4v) is 3.67. The van der Waals surface area contributed by atoms with Gasteiger partial charge in [-0.05, 0) is 36.1 Å². The molecule has 0 aliphatic heterocycles. The molecule has 2 heterocycles. The molecule has 1 aliphatic carbocycles. The Balaban J connectivity index is 1.48. The van der Waals surface area contributed by atoms with Crippen LogP contribution < -0.4 is 9.13 Å². The molecule has 0 amide bonds. The van der Waals surface area contributed by atoms with Crippen molar-refractivity contribution in [3.63, 3.8) is 0 Å². The summed E-state index contributed by atoms with van der Waals surface area (Å²) in [6.07, 6.45) is 13.9. The Morgan fingerprint density at radius 3 is 1.92 bits per heavy atom. The quantitative estimate of drug-likeness (QED) is 0.630. The molecule has 3 aromatic rings. The number of nitrogens with zero attached hydrogens (tertiary/aromatic N) is 2. The van der Waals surface area contributed by atoms with E-state index in [1.54, 1.807) is 12.1 Å². The molecule has 1 saturated carbocycles. The second kappa shape index (κ2) is 7.14. The summed E-state index contributed by atoms with van der Waals surface area (Å²) in [5.74, 6) is 0.637. The second-order valence-electron chi connectivity index (χ2n) is 6.90. The molecule has 3 heteroatoms. The SMILES string of the molecule is Fc1ccc(-[n+]2ccc(-c3cc[n+](CC4CCCC4)cc3)cc2)cc1. The first-order valence-corrected chi connectivity index (χ1v) is 9.05. The van der Waals surface area contributed by atoms with Crippen LogP contribution in [0.4, 0.5) is 4.39 Å². The summed E-state index contributed by atoms with van der Waals surface area (Å²) in [5, 5.41) is 0. The van der Waals surface area contributed by atoms with Gasteiger partial charge in [-0.25, -0.2) is 8.96 Å². The van der Waals surface area contributed by atoms with E-state index < -0.39 is 0 Å². The van der Waals surface area contributed by atoms with Crippen LogP contribution in [0.1, 0.15) is 25.7 Å². The molecule has 0 saturated heterocycles. The van der Waals surface area contributed by atoms with E-state index in [2.05, 4.69) is 41.2 Å². The first kappa shape index (κ1) is 15.9. The zero-order chi connectivity index (χ0) is 17.1. The van der Waals surface area contributed by atoms with E-state index in [1.807, 2.05) is 17.0 Å². The summed E-state index contributed by atoms with van der Waals surface area (Å²) < 4.78 is 17.3. The molecule has 2 aromatic heterocycles. The van der Waals surface area contributed by atoms with Gasteiger partial charge in [-0.2, -0.15) is 4.57 Å². The Labute approximate surface area is 148 Å². The summed E-state index contributed by atoms with van der Waals surface area (Å²) in [4.78, 5) is 0. The summed E-state index contributed by atoms with van der Waals surface area (Å²) in [6, 6.07) is 15.1. The standard InChI is InChI=1S/C22H23FN2/c23-21-5-7-22(8-6-21)25-15-11-20(12-16-25)19-9-13-24(14-10-19)17-18-3-1-2-4-18/h5-16,18H,1-4,17H2/q+2. The van der Waals surface area contributed by atoms with Gasteiger partial charge in [0.2, 0.25) is 5.69 Å². The fraction of sp³-hybridized carbons (Fsp3) is 0.273. The lowest BCUT2D eigenvalue weighted by Crippen LogP contribution is -2.35. The highest BCUT2D eigenvalue weighted by atomic mass is 19.1. The van der Waals surface area contributed by atoms with Gasteiger partial charge in [-0.15, -0.1) is 0 Å². The Hall–Kier alpha value is -2.55. The molecule has 2 nitrogen and oxygen atoms in total. The number of pyridine rings is 2. The second-order valence-corrected chi connectivity index (χ2v) is 6.90. The van der Waals surface area contributed by atoms with E-state index >= 15 is 0 Å². The average molecular weight is 334 g/mol. The lowest BCUT2D eigenvalue weighted by Gasteiger charge is -2.05. The van der Waals surface area contributed by atoms with Crippen molar-refractivity contribution in [3.05, 3.63) is 79.1 Å². The molecule has 0 N–H and O–H groups in total. The molecule has 1 aliphatic rings. The van der Waals surface area contributed by atoms with Crippen LogP contribution in [0.25, 0.3) is 16.8 Å². The largest absolute Gasteiger partial charge is 0.210 e. The fourth-order valence-electron chi connectivity index (χ4n) is 3.67. The van der Waals surface area contributed by atoms with Crippen molar-refractivity contribution in [2.75, 3.05) is 0 Å². The third-order valence-corrected chi connectivity index (χ3v) is 5.12. The lowest BCUT2D eigenvalue weighted by molar-refractivity contribution is -0.703. The molecular weight excluding hydrogens is 311 g/mol. The van der Waals surface area contributed by atoms with Crippen LogP contribution in [0.2, 0.25) is 0 Å². The molecule has 0 spiro atoms. The summed E-state index contributed by atoms with van der Waals surface area (Å²) in [6.45, 7) is 1.14. The predicted molar refractivity (Wildman–Crippen MR) is 95.5 cm³/mol. The van der Waals surface area contributed by atoms with Crippen molar-refractivity contribution >= 4 is 0 Å². The van der Waals surface area contributed by atoms with E-state index in [-0.39, 0.29) is 5.82 Å². The minimum absolute atomic E-state index is 0.212. The van der Waals surface area contributed by atoms with Crippen LogP contribution in [0.5, 0.6) is 0 Å². The van der Waals surface area contributed by atoms with Crippen molar-refractivity contribution in [1.82, 2.24) is 0 Å². The summed E-state index contributed by atoms with van der Waals surface area (Å²) in [7, 11) is 0. The van der Waals surface area contributed by atoms with Crippen molar-refractivity contribution in [2.24, 2.45) is 5.92 Å². The molecule has 1 fully saturated rings. The lowest BCUT2D eigenvalue weighted by atomic mass is 10.1. The highest BCUT2D eigenvalue weighted by Crippen LogP contribution is 2.24. The molecule has 0 radical (unpaired) electrons. The van der Waals surface area contributed by atoms with Gasteiger partial charge in [0.1, 0.15) is 5.82 Å². The number of aromatic nitrogens is 2. The van der Waals surface area contributed by atoms with Crippen molar-refractivity contribution < 1.29 is 13.5 Å². The van der Waals surface area contributed by atoms with Gasteiger partial charge in [0, 0.05) is 42.3 Å². The van der Waals surface area contributed by atoms with Gasteiger partial charge in [0.25, 0.3) is 0 Å². The first-order valence-electron chi connectivity index (χ1n) is 9.05. The van der Waals surface area contributed by atoms with E-state index in [0.29, 0.717) is 0 Å². The zero-order valence-corrected chi connectivity index (χ0v) is 14.3. The van der Waals surface area contributed by atoms with Gasteiger partial charge in [0.15, 0.2) is 31.3 Å². The summed E-state index contributed by atoms with van der Waals surface area (Å²) in [5.41, 5.74) is 3.36. The minimum atomic E-state index is -0.212. The maximum atomic E-state index is 13.0. The maximum Gasteiger partial charge on any atom is 0.210 e. The van der Waals surface area contributed by atoms with Crippen LogP contribution in [0, 0.1) is 11.7 Å². The van der Waals surface area contributed by atoms with Crippen LogP contribution in [-0.4, -0.2) is 0 Å². The predicted octanol–water partition coefficient (Wildman–Crippen LogP) is 4.25. The molecule has 0 atom stereocenters. The smallest absolute Gasteiger partial charge is 0.207 e. The number of hydrogen-bond donors (Lipinski definition) is 0. The number of halogens is 1. The third-order valence-electron chi connectivity index (χ3n) is 5.12. The van der Waals surface area contributed by atoms with E-state index in [9.17, 15) is 4.39 Å².